The Hall–Kier alpha value is -3.99. The van der Waals surface area contributed by atoms with Crippen molar-refractivity contribution in [1.29, 1.82) is 0 Å². The number of primary amides is 1. The molecule has 3 N–H and O–H groups in total. The highest BCUT2D eigenvalue weighted by molar-refractivity contribution is 7.91. The number of hydrogen-bond donors (Lipinski definition) is 2. The van der Waals surface area contributed by atoms with Crippen LogP contribution in [0.1, 0.15) is 28.8 Å². The van der Waals surface area contributed by atoms with E-state index >= 15 is 0 Å². The van der Waals surface area contributed by atoms with Crippen LogP contribution in [-0.2, 0) is 9.84 Å². The number of hydrogen-bond acceptors (Lipinski definition) is 7. The van der Waals surface area contributed by atoms with Gasteiger partial charge < -0.3 is 15.8 Å². The molecule has 37 heavy (non-hydrogen) atoms. The van der Waals surface area contributed by atoms with E-state index in [0.717, 1.165) is 11.1 Å². The molecule has 1 fully saturated rings. The lowest BCUT2D eigenvalue weighted by Gasteiger charge is -2.22. The standard InChI is InChI=1S/C26H26FN5O4S/c1-16-11-18(5-6-21(16)25(28)33)23-15-30-26-22(29-14-17-7-9-37(34,35)10-8-17)13-24(31-32(23)26)36-20-4-2-3-19(27)12-20/h2-6,11-13,15,17,29H,7-10,14H2,1H3,(H2,28,33). The maximum absolute atomic E-state index is 13.7. The summed E-state index contributed by atoms with van der Waals surface area (Å²) in [5.41, 5.74) is 9.22. The van der Waals surface area contributed by atoms with Gasteiger partial charge in [0, 0.05) is 29.8 Å². The molecule has 0 bridgehead atoms. The summed E-state index contributed by atoms with van der Waals surface area (Å²) in [6.45, 7) is 2.36. The lowest BCUT2D eigenvalue weighted by Crippen LogP contribution is -2.27. The van der Waals surface area contributed by atoms with E-state index in [-0.39, 0.29) is 23.3 Å². The number of nitrogens with one attached hydrogen (secondary N) is 1. The number of fused-ring (bicyclic) bond motifs is 1. The van der Waals surface area contributed by atoms with E-state index < -0.39 is 21.6 Å². The third kappa shape index (κ3) is 5.41. The molecular weight excluding hydrogens is 497 g/mol. The van der Waals surface area contributed by atoms with E-state index in [1.165, 1.54) is 12.1 Å². The van der Waals surface area contributed by atoms with Crippen LogP contribution < -0.4 is 15.8 Å². The number of rotatable bonds is 7. The van der Waals surface area contributed by atoms with E-state index in [0.29, 0.717) is 47.7 Å². The third-order valence-electron chi connectivity index (χ3n) is 6.51. The maximum Gasteiger partial charge on any atom is 0.248 e. The highest BCUT2D eigenvalue weighted by atomic mass is 32.2. The summed E-state index contributed by atoms with van der Waals surface area (Å²) in [7, 11) is -2.95. The summed E-state index contributed by atoms with van der Waals surface area (Å²) < 4.78 is 44.8. The normalized spacial score (nSPS) is 15.5. The largest absolute Gasteiger partial charge is 0.437 e. The van der Waals surface area contributed by atoms with Crippen molar-refractivity contribution in [2.75, 3.05) is 23.4 Å². The molecule has 2 aromatic heterocycles. The number of amides is 1. The molecule has 4 aromatic rings. The molecule has 9 nitrogen and oxygen atoms in total. The molecule has 0 spiro atoms. The van der Waals surface area contributed by atoms with Gasteiger partial charge >= 0.3 is 0 Å². The Morgan fingerprint density at radius 1 is 1.19 bits per heavy atom. The number of imidazole rings is 1. The minimum Gasteiger partial charge on any atom is -0.437 e. The maximum atomic E-state index is 13.7. The van der Waals surface area contributed by atoms with Gasteiger partial charge in [0.25, 0.3) is 0 Å². The molecule has 1 aliphatic rings. The Kier molecular flexibility index (Phi) is 6.55. The number of nitrogens with zero attached hydrogens (tertiary/aromatic N) is 3. The zero-order valence-electron chi connectivity index (χ0n) is 20.1. The van der Waals surface area contributed by atoms with Gasteiger partial charge in [0.1, 0.15) is 21.4 Å². The van der Waals surface area contributed by atoms with Gasteiger partial charge in [-0.15, -0.1) is 5.10 Å². The minimum atomic E-state index is -2.95. The van der Waals surface area contributed by atoms with Gasteiger partial charge in [0.2, 0.25) is 11.8 Å². The first-order valence-corrected chi connectivity index (χ1v) is 13.7. The van der Waals surface area contributed by atoms with E-state index in [4.69, 9.17) is 10.5 Å². The summed E-state index contributed by atoms with van der Waals surface area (Å²) in [6, 6.07) is 12.7. The number of halogens is 1. The van der Waals surface area contributed by atoms with Gasteiger partial charge in [-0.05, 0) is 55.5 Å². The average molecular weight is 524 g/mol. The fraction of sp³-hybridized carbons (Fsp3) is 0.269. The molecule has 192 valence electrons. The van der Waals surface area contributed by atoms with Crippen LogP contribution in [0.15, 0.2) is 54.7 Å². The fourth-order valence-electron chi connectivity index (χ4n) is 4.47. The number of benzene rings is 2. The summed E-state index contributed by atoms with van der Waals surface area (Å²) in [5.74, 6) is 0.143. The average Bonchev–Trinajstić information content (AvgIpc) is 3.27. The highest BCUT2D eigenvalue weighted by Gasteiger charge is 2.24. The van der Waals surface area contributed by atoms with Crippen LogP contribution in [-0.4, -0.2) is 47.0 Å². The van der Waals surface area contributed by atoms with Crippen molar-refractivity contribution in [1.82, 2.24) is 14.6 Å². The van der Waals surface area contributed by atoms with Gasteiger partial charge in [0.05, 0.1) is 29.1 Å². The highest BCUT2D eigenvalue weighted by Crippen LogP contribution is 2.30. The van der Waals surface area contributed by atoms with E-state index in [1.807, 2.05) is 6.07 Å². The number of aromatic nitrogens is 3. The molecule has 0 saturated carbocycles. The van der Waals surface area contributed by atoms with Crippen LogP contribution in [0.4, 0.5) is 10.1 Å². The van der Waals surface area contributed by atoms with Gasteiger partial charge in [-0.1, -0.05) is 12.1 Å². The van der Waals surface area contributed by atoms with Crippen LogP contribution in [0, 0.1) is 18.7 Å². The monoisotopic (exact) mass is 523 g/mol. The molecule has 2 aromatic carbocycles. The molecule has 0 unspecified atom stereocenters. The van der Waals surface area contributed by atoms with E-state index in [9.17, 15) is 17.6 Å². The van der Waals surface area contributed by atoms with Crippen LogP contribution in [0.2, 0.25) is 0 Å². The number of ether oxygens (including phenoxy) is 1. The summed E-state index contributed by atoms with van der Waals surface area (Å²) >= 11 is 0. The molecule has 1 saturated heterocycles. The first kappa shape index (κ1) is 24.7. The van der Waals surface area contributed by atoms with E-state index in [1.54, 1.807) is 48.0 Å². The second-order valence-electron chi connectivity index (χ2n) is 9.20. The Morgan fingerprint density at radius 2 is 1.97 bits per heavy atom. The van der Waals surface area contributed by atoms with Crippen molar-refractivity contribution in [3.8, 4) is 22.9 Å². The second kappa shape index (κ2) is 9.81. The lowest BCUT2D eigenvalue weighted by molar-refractivity contribution is 0.0999. The zero-order valence-corrected chi connectivity index (χ0v) is 21.0. The van der Waals surface area contributed by atoms with Crippen molar-refractivity contribution in [3.05, 3.63) is 71.7 Å². The van der Waals surface area contributed by atoms with Gasteiger partial charge in [-0.3, -0.25) is 4.79 Å². The number of carbonyl (C=O) groups excluding carboxylic acids is 1. The SMILES string of the molecule is Cc1cc(-c2cnc3c(NCC4CCS(=O)(=O)CC4)cc(Oc4cccc(F)c4)nn23)ccc1C(N)=O. The molecule has 1 amide bonds. The van der Waals surface area contributed by atoms with E-state index in [2.05, 4.69) is 15.4 Å². The molecule has 5 rings (SSSR count). The summed E-state index contributed by atoms with van der Waals surface area (Å²) in [4.78, 5) is 16.2. The number of nitrogens with two attached hydrogens (primary N) is 1. The molecule has 3 heterocycles. The number of aryl methyl sites for hydroxylation is 1. The zero-order chi connectivity index (χ0) is 26.2. The van der Waals surface area contributed by atoms with Crippen LogP contribution in [0.25, 0.3) is 16.9 Å². The lowest BCUT2D eigenvalue weighted by atomic mass is 10.0. The van der Waals surface area contributed by atoms with Crippen LogP contribution in [0.3, 0.4) is 0 Å². The molecule has 0 atom stereocenters. The summed E-state index contributed by atoms with van der Waals surface area (Å²) in [5, 5.41) is 7.99. The van der Waals surface area contributed by atoms with Crippen molar-refractivity contribution in [3.63, 3.8) is 0 Å². The number of sulfone groups is 1. The Morgan fingerprint density at radius 3 is 2.68 bits per heavy atom. The predicted octanol–water partition coefficient (Wildman–Crippen LogP) is 3.97. The smallest absolute Gasteiger partial charge is 0.248 e. The molecular formula is C26H26FN5O4S. The molecule has 0 aliphatic carbocycles. The quantitative estimate of drug-likeness (QED) is 0.375. The van der Waals surface area contributed by atoms with Gasteiger partial charge in [-0.25, -0.2) is 22.3 Å². The number of anilines is 1. The Labute approximate surface area is 213 Å². The third-order valence-corrected chi connectivity index (χ3v) is 8.22. The Balaban J connectivity index is 1.52. The fourth-order valence-corrected chi connectivity index (χ4v) is 6.06. The van der Waals surface area contributed by atoms with Gasteiger partial charge in [-0.2, -0.15) is 0 Å². The number of carbonyl (C=O) groups is 1. The first-order chi connectivity index (χ1) is 17.7. The van der Waals surface area contributed by atoms with Gasteiger partial charge in [0.15, 0.2) is 5.65 Å². The second-order valence-corrected chi connectivity index (χ2v) is 11.5. The van der Waals surface area contributed by atoms with Crippen LogP contribution in [0.5, 0.6) is 11.6 Å². The Bertz CT molecular complexity index is 1590. The first-order valence-electron chi connectivity index (χ1n) is 11.9. The molecule has 11 heteroatoms. The molecule has 0 radical (unpaired) electrons. The van der Waals surface area contributed by atoms with Crippen molar-refractivity contribution < 1.29 is 22.3 Å². The van der Waals surface area contributed by atoms with Crippen molar-refractivity contribution in [2.45, 2.75) is 19.8 Å². The van der Waals surface area contributed by atoms with Crippen molar-refractivity contribution >= 4 is 27.1 Å². The minimum absolute atomic E-state index is 0.188. The van der Waals surface area contributed by atoms with Crippen LogP contribution >= 0.6 is 0 Å². The van der Waals surface area contributed by atoms with Crippen molar-refractivity contribution in [2.24, 2.45) is 11.7 Å². The molecule has 1 aliphatic heterocycles. The topological polar surface area (TPSA) is 129 Å². The summed E-state index contributed by atoms with van der Waals surface area (Å²) in [6.07, 6.45) is 2.86. The predicted molar refractivity (Wildman–Crippen MR) is 138 cm³/mol.